The summed E-state index contributed by atoms with van der Waals surface area (Å²) in [5, 5.41) is 45.2. The van der Waals surface area contributed by atoms with Gasteiger partial charge < -0.3 is 36.2 Å². The summed E-state index contributed by atoms with van der Waals surface area (Å²) < 4.78 is 5.52. The van der Waals surface area contributed by atoms with Gasteiger partial charge in [0.05, 0.1) is 30.9 Å². The average molecular weight is 316 g/mol. The number of rotatable bonds is 4. The van der Waals surface area contributed by atoms with Crippen LogP contribution in [0.3, 0.4) is 0 Å². The maximum Gasteiger partial charge on any atom is 0.135 e. The van der Waals surface area contributed by atoms with E-state index in [1.165, 1.54) is 0 Å². The van der Waals surface area contributed by atoms with E-state index < -0.39 is 37.3 Å². The lowest BCUT2D eigenvalue weighted by Crippen LogP contribution is -2.59. The molecule has 9 nitrogen and oxygen atoms in total. The van der Waals surface area contributed by atoms with Crippen LogP contribution in [0.4, 0.5) is 0 Å². The van der Waals surface area contributed by atoms with Gasteiger partial charge in [0.25, 0.3) is 0 Å². The Kier molecular flexibility index (Phi) is 5.87. The van der Waals surface area contributed by atoms with E-state index in [0.717, 1.165) is 0 Å². The number of hydrogen-bond acceptors (Lipinski definition) is 9. The van der Waals surface area contributed by atoms with Gasteiger partial charge in [0.2, 0.25) is 0 Å². The molecule has 9 heteroatoms. The van der Waals surface area contributed by atoms with Crippen molar-refractivity contribution in [2.45, 2.75) is 49.1 Å². The van der Waals surface area contributed by atoms with Crippen LogP contribution in [0.5, 0.6) is 0 Å². The Morgan fingerprint density at radius 1 is 1.36 bits per heavy atom. The van der Waals surface area contributed by atoms with E-state index in [9.17, 15) is 20.4 Å². The predicted molar refractivity (Wildman–Crippen MR) is 78.9 cm³/mol. The molecule has 0 aliphatic carbocycles. The minimum Gasteiger partial charge on any atom is -0.394 e. The van der Waals surface area contributed by atoms with Crippen molar-refractivity contribution in [2.75, 3.05) is 13.7 Å². The molecule has 0 amide bonds. The summed E-state index contributed by atoms with van der Waals surface area (Å²) in [5.41, 5.74) is 5.82. The number of nitrogens with zero attached hydrogens (tertiary/aromatic N) is 1. The van der Waals surface area contributed by atoms with E-state index in [0.29, 0.717) is 5.84 Å². The first-order valence-corrected chi connectivity index (χ1v) is 7.21. The number of hydrogen-bond donors (Lipinski definition) is 7. The number of likely N-dealkylation sites (N-methyl/N-ethyl adjacent to an activating group) is 1. The molecule has 0 aromatic rings. The lowest BCUT2D eigenvalue weighted by atomic mass is 10.0. The second-order valence-electron chi connectivity index (χ2n) is 5.49. The minimum absolute atomic E-state index is 0.0699. The van der Waals surface area contributed by atoms with Gasteiger partial charge in [-0.25, -0.2) is 4.99 Å². The molecule has 2 rings (SSSR count). The maximum absolute atomic E-state index is 10.2. The summed E-state index contributed by atoms with van der Waals surface area (Å²) in [6.07, 6.45) is -2.10. The summed E-state index contributed by atoms with van der Waals surface area (Å²) in [6, 6.07) is -0.583. The largest absolute Gasteiger partial charge is 0.394 e. The van der Waals surface area contributed by atoms with Crippen LogP contribution in [-0.2, 0) is 4.74 Å². The summed E-state index contributed by atoms with van der Waals surface area (Å²) >= 11 is 0. The topological polar surface area (TPSA) is 153 Å². The van der Waals surface area contributed by atoms with Crippen molar-refractivity contribution in [3.8, 4) is 0 Å². The normalized spacial score (nSPS) is 42.8. The third-order valence-corrected chi connectivity index (χ3v) is 3.97. The fraction of sp³-hybridized carbons (Fsp3) is 0.769. The van der Waals surface area contributed by atoms with Crippen molar-refractivity contribution in [3.05, 3.63) is 12.3 Å². The van der Waals surface area contributed by atoms with Gasteiger partial charge in [-0.15, -0.1) is 0 Å². The van der Waals surface area contributed by atoms with Crippen LogP contribution in [0.15, 0.2) is 17.3 Å². The molecule has 7 atom stereocenters. The van der Waals surface area contributed by atoms with Gasteiger partial charge >= 0.3 is 0 Å². The number of aliphatic imine (C=N–C) groups is 1. The van der Waals surface area contributed by atoms with Crippen LogP contribution in [0, 0.1) is 0 Å². The van der Waals surface area contributed by atoms with Gasteiger partial charge in [0.15, 0.2) is 0 Å². The molecule has 22 heavy (non-hydrogen) atoms. The van der Waals surface area contributed by atoms with E-state index in [4.69, 9.17) is 10.5 Å². The highest BCUT2D eigenvalue weighted by Gasteiger charge is 2.39. The van der Waals surface area contributed by atoms with Crippen molar-refractivity contribution < 1.29 is 25.2 Å². The summed E-state index contributed by atoms with van der Waals surface area (Å²) in [7, 11) is 1.73. The van der Waals surface area contributed by atoms with Gasteiger partial charge in [0.1, 0.15) is 24.3 Å². The molecular formula is C13H24N4O5. The molecule has 1 saturated heterocycles. The van der Waals surface area contributed by atoms with E-state index in [-0.39, 0.29) is 18.5 Å². The van der Waals surface area contributed by atoms with Crippen molar-refractivity contribution in [2.24, 2.45) is 10.7 Å². The van der Waals surface area contributed by atoms with Crippen LogP contribution in [0.1, 0.15) is 6.42 Å². The molecule has 8 N–H and O–H groups in total. The molecule has 2 unspecified atom stereocenters. The molecule has 1 fully saturated rings. The van der Waals surface area contributed by atoms with Gasteiger partial charge in [-0.1, -0.05) is 0 Å². The van der Waals surface area contributed by atoms with Gasteiger partial charge in [0, 0.05) is 12.6 Å². The summed E-state index contributed by atoms with van der Waals surface area (Å²) in [6.45, 7) is -0.470. The molecule has 2 heterocycles. The van der Waals surface area contributed by atoms with Crippen molar-refractivity contribution in [1.29, 1.82) is 0 Å². The van der Waals surface area contributed by atoms with E-state index in [2.05, 4.69) is 15.6 Å². The van der Waals surface area contributed by atoms with Crippen molar-refractivity contribution in [3.63, 3.8) is 0 Å². The highest BCUT2D eigenvalue weighted by molar-refractivity contribution is 5.88. The number of nitrogens with one attached hydrogen (secondary N) is 2. The Labute approximate surface area is 128 Å². The molecule has 0 bridgehead atoms. The Morgan fingerprint density at radius 2 is 2.09 bits per heavy atom. The monoisotopic (exact) mass is 316 g/mol. The number of nitrogens with two attached hydrogens (primary N) is 1. The number of aliphatic hydroxyl groups is 4. The van der Waals surface area contributed by atoms with Crippen LogP contribution in [0.2, 0.25) is 0 Å². The lowest BCUT2D eigenvalue weighted by Gasteiger charge is -2.33. The first kappa shape index (κ1) is 17.3. The quantitative estimate of drug-likeness (QED) is 0.283. The first-order chi connectivity index (χ1) is 10.5. The van der Waals surface area contributed by atoms with Crippen LogP contribution < -0.4 is 16.4 Å². The SMILES string of the molecule is CNC1C(N)=NC=CC1N[C@@H]1O[C@H](CO)[C@@H](O)[C@H](O)C[C@H]1O. The van der Waals surface area contributed by atoms with Gasteiger partial charge in [-0.3, -0.25) is 5.32 Å². The molecule has 2 aliphatic rings. The first-order valence-electron chi connectivity index (χ1n) is 7.21. The second-order valence-corrected chi connectivity index (χ2v) is 5.49. The molecular weight excluding hydrogens is 292 g/mol. The van der Waals surface area contributed by atoms with Gasteiger partial charge in [-0.05, 0) is 13.1 Å². The Hall–Kier alpha value is -1.07. The average Bonchev–Trinajstić information content (AvgIpc) is 2.59. The van der Waals surface area contributed by atoms with Gasteiger partial charge in [-0.2, -0.15) is 0 Å². The Morgan fingerprint density at radius 3 is 2.73 bits per heavy atom. The van der Waals surface area contributed by atoms with E-state index in [1.54, 1.807) is 19.3 Å². The fourth-order valence-electron chi connectivity index (χ4n) is 2.69. The smallest absolute Gasteiger partial charge is 0.135 e. The summed E-state index contributed by atoms with van der Waals surface area (Å²) in [4.78, 5) is 4.01. The lowest BCUT2D eigenvalue weighted by molar-refractivity contribution is -0.132. The zero-order valence-corrected chi connectivity index (χ0v) is 12.3. The molecule has 2 aliphatic heterocycles. The maximum atomic E-state index is 10.2. The zero-order valence-electron chi connectivity index (χ0n) is 12.3. The summed E-state index contributed by atoms with van der Waals surface area (Å²) in [5.74, 6) is 0.393. The molecule has 0 radical (unpaired) electrons. The zero-order chi connectivity index (χ0) is 16.3. The molecule has 0 spiro atoms. The van der Waals surface area contributed by atoms with Crippen molar-refractivity contribution in [1.82, 2.24) is 10.6 Å². The second kappa shape index (κ2) is 7.47. The number of aliphatic hydroxyl groups excluding tert-OH is 4. The molecule has 0 aromatic carbocycles. The minimum atomic E-state index is -1.26. The highest BCUT2D eigenvalue weighted by atomic mass is 16.5. The Balaban J connectivity index is 2.10. The number of ether oxygens (including phenoxy) is 1. The third-order valence-electron chi connectivity index (χ3n) is 3.97. The third kappa shape index (κ3) is 3.63. The van der Waals surface area contributed by atoms with Crippen LogP contribution in [0.25, 0.3) is 0 Å². The van der Waals surface area contributed by atoms with Crippen LogP contribution in [-0.4, -0.2) is 82.6 Å². The molecule has 0 saturated carbocycles. The van der Waals surface area contributed by atoms with Crippen LogP contribution >= 0.6 is 0 Å². The van der Waals surface area contributed by atoms with E-state index >= 15 is 0 Å². The molecule has 0 aromatic heterocycles. The molecule has 126 valence electrons. The van der Waals surface area contributed by atoms with E-state index in [1.807, 2.05) is 0 Å². The highest BCUT2D eigenvalue weighted by Crippen LogP contribution is 2.20. The standard InChI is InChI=1S/C13H24N4O5/c1-15-10-6(2-3-16-12(10)14)17-13-8(20)4-7(19)11(21)9(5-18)22-13/h2-3,6-11,13,15,17-21H,4-5H2,1H3,(H2,14,16)/t6?,7-,8-,9-,10?,11+,13-/m1/s1. The Bertz CT molecular complexity index is 433. The van der Waals surface area contributed by atoms with Crippen molar-refractivity contribution >= 4 is 5.84 Å². The predicted octanol–water partition coefficient (Wildman–Crippen LogP) is -3.39. The fourth-order valence-corrected chi connectivity index (χ4v) is 2.69. The number of amidine groups is 1.